The third-order valence-corrected chi connectivity index (χ3v) is 4.40. The number of carbonyl (C=O) groups is 1. The van der Waals surface area contributed by atoms with E-state index < -0.39 is 0 Å². The van der Waals surface area contributed by atoms with E-state index >= 15 is 0 Å². The van der Waals surface area contributed by atoms with Gasteiger partial charge in [0.15, 0.2) is 6.61 Å². The van der Waals surface area contributed by atoms with Crippen molar-refractivity contribution in [3.8, 4) is 5.75 Å². The van der Waals surface area contributed by atoms with Crippen LogP contribution in [0.2, 0.25) is 5.02 Å². The lowest BCUT2D eigenvalue weighted by molar-refractivity contribution is -0.118. The van der Waals surface area contributed by atoms with Gasteiger partial charge in [-0.15, -0.1) is 0 Å². The molecule has 0 fully saturated rings. The lowest BCUT2D eigenvalue weighted by Crippen LogP contribution is -2.21. The molecule has 0 aliphatic heterocycles. The molecule has 0 radical (unpaired) electrons. The van der Waals surface area contributed by atoms with Crippen molar-refractivity contribution in [3.63, 3.8) is 0 Å². The fourth-order valence-corrected chi connectivity index (χ4v) is 2.73. The van der Waals surface area contributed by atoms with Gasteiger partial charge in [0.05, 0.1) is 0 Å². The van der Waals surface area contributed by atoms with E-state index in [2.05, 4.69) is 35.1 Å². The fourth-order valence-electron chi connectivity index (χ4n) is 2.17. The lowest BCUT2D eigenvalue weighted by Gasteiger charge is -2.15. The molecule has 122 valence electrons. The molecular weight excluding hydrogens is 378 g/mol. The van der Waals surface area contributed by atoms with Crippen LogP contribution in [0.3, 0.4) is 0 Å². The Morgan fingerprint density at radius 3 is 2.74 bits per heavy atom. The molecule has 23 heavy (non-hydrogen) atoms. The van der Waals surface area contributed by atoms with Gasteiger partial charge in [0.1, 0.15) is 5.75 Å². The first-order valence-corrected chi connectivity index (χ1v) is 8.52. The normalized spacial score (nSPS) is 10.7. The summed E-state index contributed by atoms with van der Waals surface area (Å²) < 4.78 is 6.68. The van der Waals surface area contributed by atoms with Crippen molar-refractivity contribution in [1.29, 1.82) is 0 Å². The summed E-state index contributed by atoms with van der Waals surface area (Å²) in [5.74, 6) is 0.815. The van der Waals surface area contributed by atoms with E-state index in [1.807, 2.05) is 31.2 Å². The van der Waals surface area contributed by atoms with E-state index in [0.717, 1.165) is 21.3 Å². The van der Waals surface area contributed by atoms with Crippen LogP contribution in [-0.2, 0) is 4.79 Å². The Morgan fingerprint density at radius 1 is 1.30 bits per heavy atom. The Morgan fingerprint density at radius 2 is 2.04 bits per heavy atom. The summed E-state index contributed by atoms with van der Waals surface area (Å²) in [4.78, 5) is 12.1. The second-order valence-electron chi connectivity index (χ2n) is 5.59. The molecule has 0 aliphatic carbocycles. The molecule has 0 bridgehead atoms. The molecule has 3 nitrogen and oxygen atoms in total. The van der Waals surface area contributed by atoms with Crippen LogP contribution < -0.4 is 10.1 Å². The molecule has 2 aromatic carbocycles. The number of halogens is 2. The Kier molecular flexibility index (Phi) is 6.08. The monoisotopic (exact) mass is 395 g/mol. The van der Waals surface area contributed by atoms with Crippen LogP contribution in [-0.4, -0.2) is 12.5 Å². The van der Waals surface area contributed by atoms with E-state index in [1.54, 1.807) is 12.1 Å². The summed E-state index contributed by atoms with van der Waals surface area (Å²) in [6.45, 7) is 5.99. The molecule has 0 aliphatic rings. The Hall–Kier alpha value is -1.52. The summed E-state index contributed by atoms with van der Waals surface area (Å²) in [5.41, 5.74) is 2.60. The number of amides is 1. The fraction of sp³-hybridized carbons (Fsp3) is 0.278. The molecule has 2 rings (SSSR count). The van der Waals surface area contributed by atoms with Crippen molar-refractivity contribution >= 4 is 39.1 Å². The van der Waals surface area contributed by atoms with E-state index in [9.17, 15) is 4.79 Å². The lowest BCUT2D eigenvalue weighted by atomic mass is 10.0. The van der Waals surface area contributed by atoms with Crippen LogP contribution in [0.4, 0.5) is 5.69 Å². The topological polar surface area (TPSA) is 38.3 Å². The van der Waals surface area contributed by atoms with E-state index in [0.29, 0.717) is 16.6 Å². The van der Waals surface area contributed by atoms with Gasteiger partial charge in [0.2, 0.25) is 0 Å². The molecule has 2 aromatic rings. The van der Waals surface area contributed by atoms with Gasteiger partial charge in [-0.2, -0.15) is 0 Å². The highest BCUT2D eigenvalue weighted by atomic mass is 79.9. The minimum absolute atomic E-state index is 0.0483. The Labute approximate surface area is 150 Å². The van der Waals surface area contributed by atoms with Crippen LogP contribution in [0.1, 0.15) is 30.9 Å². The standard InChI is InChI=1S/C18H19BrClNO2/c1-11(2)14-9-13(19)7-8-17(14)23-10-18(22)21-16-6-4-5-15(20)12(16)3/h4-9,11H,10H2,1-3H3,(H,21,22). The Bertz CT molecular complexity index is 716. The van der Waals surface area contributed by atoms with Crippen LogP contribution in [0.5, 0.6) is 5.75 Å². The molecule has 1 N–H and O–H groups in total. The van der Waals surface area contributed by atoms with Crippen molar-refractivity contribution in [2.75, 3.05) is 11.9 Å². The van der Waals surface area contributed by atoms with Crippen LogP contribution in [0.15, 0.2) is 40.9 Å². The highest BCUT2D eigenvalue weighted by molar-refractivity contribution is 9.10. The van der Waals surface area contributed by atoms with Gasteiger partial charge >= 0.3 is 0 Å². The van der Waals surface area contributed by atoms with E-state index in [4.69, 9.17) is 16.3 Å². The third-order valence-electron chi connectivity index (χ3n) is 3.49. The van der Waals surface area contributed by atoms with Gasteiger partial charge in [0, 0.05) is 15.2 Å². The number of rotatable bonds is 5. The highest BCUT2D eigenvalue weighted by Gasteiger charge is 2.12. The zero-order valence-corrected chi connectivity index (χ0v) is 15.7. The summed E-state index contributed by atoms with van der Waals surface area (Å²) in [7, 11) is 0. The zero-order chi connectivity index (χ0) is 17.0. The molecule has 0 unspecified atom stereocenters. The second kappa shape index (κ2) is 7.84. The predicted molar refractivity (Wildman–Crippen MR) is 98.5 cm³/mol. The minimum atomic E-state index is -0.215. The summed E-state index contributed by atoms with van der Waals surface area (Å²) in [5, 5.41) is 3.45. The predicted octanol–water partition coefficient (Wildman–Crippen LogP) is 5.55. The SMILES string of the molecule is Cc1c(Cl)cccc1NC(=O)COc1ccc(Br)cc1C(C)C. The number of nitrogens with one attached hydrogen (secondary N) is 1. The van der Waals surface area contributed by atoms with Gasteiger partial charge in [-0.1, -0.05) is 47.4 Å². The van der Waals surface area contributed by atoms with Gasteiger partial charge in [-0.25, -0.2) is 0 Å². The maximum absolute atomic E-state index is 12.1. The number of benzene rings is 2. The minimum Gasteiger partial charge on any atom is -0.483 e. The summed E-state index contributed by atoms with van der Waals surface area (Å²) >= 11 is 9.51. The number of hydrogen-bond donors (Lipinski definition) is 1. The molecular formula is C18H19BrClNO2. The number of hydrogen-bond acceptors (Lipinski definition) is 2. The number of ether oxygens (including phenoxy) is 1. The Balaban J connectivity index is 2.04. The average Bonchev–Trinajstić information content (AvgIpc) is 2.50. The van der Waals surface area contributed by atoms with Crippen LogP contribution in [0.25, 0.3) is 0 Å². The average molecular weight is 397 g/mol. The molecule has 0 saturated carbocycles. The molecule has 0 saturated heterocycles. The van der Waals surface area contributed by atoms with Crippen LogP contribution >= 0.6 is 27.5 Å². The van der Waals surface area contributed by atoms with Crippen molar-refractivity contribution in [1.82, 2.24) is 0 Å². The van der Waals surface area contributed by atoms with Crippen molar-refractivity contribution < 1.29 is 9.53 Å². The largest absolute Gasteiger partial charge is 0.483 e. The highest BCUT2D eigenvalue weighted by Crippen LogP contribution is 2.29. The molecule has 0 atom stereocenters. The third kappa shape index (κ3) is 4.72. The van der Waals surface area contributed by atoms with Gasteiger partial charge in [0.25, 0.3) is 5.91 Å². The smallest absolute Gasteiger partial charge is 0.262 e. The molecule has 1 amide bonds. The molecule has 0 aromatic heterocycles. The number of carbonyl (C=O) groups excluding carboxylic acids is 1. The van der Waals surface area contributed by atoms with Crippen LogP contribution in [0, 0.1) is 6.92 Å². The second-order valence-corrected chi connectivity index (χ2v) is 6.91. The van der Waals surface area contributed by atoms with Gasteiger partial charge in [-0.3, -0.25) is 4.79 Å². The molecule has 0 spiro atoms. The van der Waals surface area contributed by atoms with E-state index in [1.165, 1.54) is 0 Å². The summed E-state index contributed by atoms with van der Waals surface area (Å²) in [6, 6.07) is 11.2. The van der Waals surface area contributed by atoms with E-state index in [-0.39, 0.29) is 12.5 Å². The maximum Gasteiger partial charge on any atom is 0.262 e. The first kappa shape index (κ1) is 17.8. The number of anilines is 1. The molecule has 0 heterocycles. The molecule has 5 heteroatoms. The maximum atomic E-state index is 12.1. The van der Waals surface area contributed by atoms with Gasteiger partial charge in [-0.05, 0) is 54.3 Å². The van der Waals surface area contributed by atoms with Crippen molar-refractivity contribution in [3.05, 3.63) is 57.0 Å². The first-order chi connectivity index (χ1) is 10.9. The van der Waals surface area contributed by atoms with Crippen molar-refractivity contribution in [2.45, 2.75) is 26.7 Å². The quantitative estimate of drug-likeness (QED) is 0.719. The first-order valence-electron chi connectivity index (χ1n) is 7.35. The van der Waals surface area contributed by atoms with Crippen molar-refractivity contribution in [2.24, 2.45) is 0 Å². The summed E-state index contributed by atoms with van der Waals surface area (Å²) in [6.07, 6.45) is 0. The zero-order valence-electron chi connectivity index (χ0n) is 13.3. The van der Waals surface area contributed by atoms with Gasteiger partial charge < -0.3 is 10.1 Å².